The number of piperidine rings is 1. The second-order valence-electron chi connectivity index (χ2n) is 4.52. The summed E-state index contributed by atoms with van der Waals surface area (Å²) in [7, 11) is 0. The molecule has 17 heavy (non-hydrogen) atoms. The van der Waals surface area contributed by atoms with Crippen LogP contribution in [0.2, 0.25) is 5.22 Å². The molecule has 0 radical (unpaired) electrons. The fourth-order valence-corrected chi connectivity index (χ4v) is 2.58. The summed E-state index contributed by atoms with van der Waals surface area (Å²) < 4.78 is 5.16. The highest BCUT2D eigenvalue weighted by molar-refractivity contribution is 6.29. The van der Waals surface area contributed by atoms with E-state index >= 15 is 0 Å². The Morgan fingerprint density at radius 1 is 1.65 bits per heavy atom. The Hall–Kier alpha value is -1.00. The highest BCUT2D eigenvalue weighted by atomic mass is 35.5. The molecule has 2 N–H and O–H groups in total. The van der Waals surface area contributed by atoms with Gasteiger partial charge in [0.05, 0.1) is 0 Å². The number of amides is 1. The molecule has 1 saturated heterocycles. The van der Waals surface area contributed by atoms with Crippen molar-refractivity contribution in [1.29, 1.82) is 0 Å². The van der Waals surface area contributed by atoms with Crippen LogP contribution in [0.5, 0.6) is 0 Å². The maximum Gasteiger partial charge on any atom is 0.289 e. The zero-order valence-corrected chi connectivity index (χ0v) is 10.6. The van der Waals surface area contributed by atoms with E-state index < -0.39 is 0 Å². The van der Waals surface area contributed by atoms with Gasteiger partial charge in [-0.15, -0.1) is 0 Å². The maximum absolute atomic E-state index is 12.2. The Morgan fingerprint density at radius 3 is 3.00 bits per heavy atom. The molecule has 1 aromatic rings. The third kappa shape index (κ3) is 2.48. The maximum atomic E-state index is 12.2. The van der Waals surface area contributed by atoms with Crippen molar-refractivity contribution in [3.05, 3.63) is 23.1 Å². The summed E-state index contributed by atoms with van der Waals surface area (Å²) in [5, 5.41) is 0.239. The van der Waals surface area contributed by atoms with E-state index in [1.807, 2.05) is 4.90 Å². The van der Waals surface area contributed by atoms with Crippen LogP contribution in [0.1, 0.15) is 30.3 Å². The van der Waals surface area contributed by atoms with E-state index in [2.05, 4.69) is 6.92 Å². The molecule has 5 heteroatoms. The largest absolute Gasteiger partial charge is 0.440 e. The van der Waals surface area contributed by atoms with Gasteiger partial charge in [-0.2, -0.15) is 0 Å². The Bertz CT molecular complexity index is 405. The van der Waals surface area contributed by atoms with Crippen LogP contribution in [0.15, 0.2) is 16.5 Å². The van der Waals surface area contributed by atoms with Gasteiger partial charge in [-0.05, 0) is 42.5 Å². The molecular weight excluding hydrogens is 240 g/mol. The fourth-order valence-electron chi connectivity index (χ4n) is 2.43. The molecule has 2 heterocycles. The minimum Gasteiger partial charge on any atom is -0.440 e. The summed E-state index contributed by atoms with van der Waals surface area (Å²) in [6.07, 6.45) is 2.13. The predicted molar refractivity (Wildman–Crippen MR) is 66.0 cm³/mol. The van der Waals surface area contributed by atoms with Crippen LogP contribution in [-0.4, -0.2) is 29.9 Å². The molecule has 1 aliphatic heterocycles. The minimum atomic E-state index is -0.112. The number of carbonyl (C=O) groups excluding carboxylic acids is 1. The number of likely N-dealkylation sites (tertiary alicyclic amines) is 1. The van der Waals surface area contributed by atoms with E-state index in [0.29, 0.717) is 18.2 Å². The second kappa shape index (κ2) is 5.10. The standard InChI is InChI=1S/C12H17ClN2O2/c1-8-3-2-6-15(9(8)7-14)12(16)10-4-5-11(13)17-10/h4-5,8-9H,2-3,6-7,14H2,1H3/t8-,9-/m0/s1. The summed E-state index contributed by atoms with van der Waals surface area (Å²) in [6, 6.07) is 3.29. The molecule has 2 rings (SSSR count). The normalized spacial score (nSPS) is 25.0. The summed E-state index contributed by atoms with van der Waals surface area (Å²) in [5.74, 6) is 0.615. The molecular formula is C12H17ClN2O2. The number of hydrogen-bond acceptors (Lipinski definition) is 3. The lowest BCUT2D eigenvalue weighted by Crippen LogP contribution is -2.51. The van der Waals surface area contributed by atoms with E-state index in [9.17, 15) is 4.79 Å². The summed E-state index contributed by atoms with van der Waals surface area (Å²) in [5.41, 5.74) is 5.75. The number of carbonyl (C=O) groups is 1. The van der Waals surface area contributed by atoms with Gasteiger partial charge in [0.25, 0.3) is 5.91 Å². The molecule has 2 atom stereocenters. The van der Waals surface area contributed by atoms with Crippen molar-refractivity contribution < 1.29 is 9.21 Å². The van der Waals surface area contributed by atoms with Crippen LogP contribution in [0.25, 0.3) is 0 Å². The fraction of sp³-hybridized carbons (Fsp3) is 0.583. The summed E-state index contributed by atoms with van der Waals surface area (Å²) in [4.78, 5) is 14.1. The number of nitrogens with two attached hydrogens (primary N) is 1. The van der Waals surface area contributed by atoms with Gasteiger partial charge < -0.3 is 15.1 Å². The van der Waals surface area contributed by atoms with Crippen LogP contribution in [-0.2, 0) is 0 Å². The highest BCUT2D eigenvalue weighted by Gasteiger charge is 2.32. The Balaban J connectivity index is 2.17. The van der Waals surface area contributed by atoms with E-state index in [1.54, 1.807) is 12.1 Å². The molecule has 94 valence electrons. The number of hydrogen-bond donors (Lipinski definition) is 1. The smallest absolute Gasteiger partial charge is 0.289 e. The molecule has 1 aromatic heterocycles. The average molecular weight is 257 g/mol. The molecule has 0 aliphatic carbocycles. The van der Waals surface area contributed by atoms with Crippen molar-refractivity contribution in [2.24, 2.45) is 11.7 Å². The van der Waals surface area contributed by atoms with Crippen molar-refractivity contribution in [1.82, 2.24) is 4.90 Å². The Morgan fingerprint density at radius 2 is 2.41 bits per heavy atom. The molecule has 0 spiro atoms. The van der Waals surface area contributed by atoms with E-state index in [1.165, 1.54) is 0 Å². The summed E-state index contributed by atoms with van der Waals surface area (Å²) >= 11 is 5.68. The van der Waals surface area contributed by atoms with E-state index in [0.717, 1.165) is 19.4 Å². The molecule has 0 unspecified atom stereocenters. The quantitative estimate of drug-likeness (QED) is 0.882. The van der Waals surface area contributed by atoms with Gasteiger partial charge in [-0.3, -0.25) is 4.79 Å². The average Bonchev–Trinajstić information content (AvgIpc) is 2.74. The predicted octanol–water partition coefficient (Wildman–Crippen LogP) is 2.13. The van der Waals surface area contributed by atoms with Crippen molar-refractivity contribution in [2.75, 3.05) is 13.1 Å². The molecule has 4 nitrogen and oxygen atoms in total. The number of halogens is 1. The first kappa shape index (κ1) is 12.5. The van der Waals surface area contributed by atoms with Crippen LogP contribution in [0.3, 0.4) is 0 Å². The lowest BCUT2D eigenvalue weighted by Gasteiger charge is -2.38. The van der Waals surface area contributed by atoms with Crippen LogP contribution in [0.4, 0.5) is 0 Å². The Labute approximate surface area is 106 Å². The van der Waals surface area contributed by atoms with E-state index in [4.69, 9.17) is 21.8 Å². The molecule has 1 amide bonds. The van der Waals surface area contributed by atoms with Crippen molar-refractivity contribution in [3.63, 3.8) is 0 Å². The molecule has 1 fully saturated rings. The van der Waals surface area contributed by atoms with Crippen LogP contribution < -0.4 is 5.73 Å². The number of nitrogens with zero attached hydrogens (tertiary/aromatic N) is 1. The van der Waals surface area contributed by atoms with E-state index in [-0.39, 0.29) is 17.2 Å². The van der Waals surface area contributed by atoms with Crippen LogP contribution >= 0.6 is 11.6 Å². The highest BCUT2D eigenvalue weighted by Crippen LogP contribution is 2.25. The van der Waals surface area contributed by atoms with Crippen LogP contribution in [0, 0.1) is 5.92 Å². The van der Waals surface area contributed by atoms with Gasteiger partial charge in [-0.25, -0.2) is 0 Å². The molecule has 0 aromatic carbocycles. The zero-order chi connectivity index (χ0) is 12.4. The zero-order valence-electron chi connectivity index (χ0n) is 9.86. The topological polar surface area (TPSA) is 59.5 Å². The van der Waals surface area contributed by atoms with Crippen molar-refractivity contribution >= 4 is 17.5 Å². The summed E-state index contributed by atoms with van der Waals surface area (Å²) in [6.45, 7) is 3.36. The first-order valence-electron chi connectivity index (χ1n) is 5.90. The lowest BCUT2D eigenvalue weighted by molar-refractivity contribution is 0.0501. The lowest BCUT2D eigenvalue weighted by atomic mass is 9.90. The van der Waals surface area contributed by atoms with Crippen molar-refractivity contribution in [3.8, 4) is 0 Å². The third-order valence-corrected chi connectivity index (χ3v) is 3.61. The first-order chi connectivity index (χ1) is 8.13. The number of rotatable bonds is 2. The third-order valence-electron chi connectivity index (χ3n) is 3.40. The Kier molecular flexibility index (Phi) is 3.74. The van der Waals surface area contributed by atoms with Gasteiger partial charge in [-0.1, -0.05) is 6.92 Å². The molecule has 1 aliphatic rings. The minimum absolute atomic E-state index is 0.0973. The monoisotopic (exact) mass is 256 g/mol. The second-order valence-corrected chi connectivity index (χ2v) is 4.90. The molecule has 0 bridgehead atoms. The number of furan rings is 1. The SMILES string of the molecule is C[C@H]1CCCN(C(=O)c2ccc(Cl)o2)[C@H]1CN. The van der Waals surface area contributed by atoms with Gasteiger partial charge in [0.2, 0.25) is 0 Å². The van der Waals surface area contributed by atoms with Gasteiger partial charge >= 0.3 is 0 Å². The first-order valence-corrected chi connectivity index (χ1v) is 6.27. The van der Waals surface area contributed by atoms with Gasteiger partial charge in [0, 0.05) is 19.1 Å². The van der Waals surface area contributed by atoms with Gasteiger partial charge in [0.1, 0.15) is 0 Å². The van der Waals surface area contributed by atoms with Crippen molar-refractivity contribution in [2.45, 2.75) is 25.8 Å². The molecule has 0 saturated carbocycles. The van der Waals surface area contributed by atoms with Gasteiger partial charge in [0.15, 0.2) is 11.0 Å².